The summed E-state index contributed by atoms with van der Waals surface area (Å²) < 4.78 is 36.7. The number of rotatable bonds is 3. The normalized spacial score (nSPS) is 12.5. The van der Waals surface area contributed by atoms with Gasteiger partial charge >= 0.3 is 6.18 Å². The van der Waals surface area contributed by atoms with Gasteiger partial charge in [-0.2, -0.15) is 13.2 Å². The highest BCUT2D eigenvalue weighted by molar-refractivity contribution is 5.32. The molecule has 0 radical (unpaired) electrons. The van der Waals surface area contributed by atoms with Gasteiger partial charge in [-0.05, 0) is 13.8 Å². The standard InChI is InChI=1S/C9H12F3N/c1-5-8(9(10,11)12)7(4)13-6(2)3/h5,13H,2,4H2,1,3H3/b8-5+. The minimum absolute atomic E-state index is 0.178. The van der Waals surface area contributed by atoms with Gasteiger partial charge in [-0.3, -0.25) is 0 Å². The molecule has 0 atom stereocenters. The first-order chi connectivity index (χ1) is 5.79. The summed E-state index contributed by atoms with van der Waals surface area (Å²) in [5.74, 6) is 0. The smallest absolute Gasteiger partial charge is 0.360 e. The van der Waals surface area contributed by atoms with E-state index in [2.05, 4.69) is 18.5 Å². The molecular weight excluding hydrogens is 179 g/mol. The lowest BCUT2D eigenvalue weighted by molar-refractivity contribution is -0.0898. The van der Waals surface area contributed by atoms with Gasteiger partial charge in [0, 0.05) is 11.4 Å². The molecule has 0 aliphatic heterocycles. The van der Waals surface area contributed by atoms with Gasteiger partial charge in [-0.15, -0.1) is 0 Å². The van der Waals surface area contributed by atoms with Crippen molar-refractivity contribution in [3.63, 3.8) is 0 Å². The maximum atomic E-state index is 12.2. The van der Waals surface area contributed by atoms with Crippen molar-refractivity contribution >= 4 is 0 Å². The Kier molecular flexibility index (Phi) is 3.78. The molecule has 0 spiro atoms. The molecule has 1 N–H and O–H groups in total. The number of hydrogen-bond acceptors (Lipinski definition) is 1. The molecule has 0 unspecified atom stereocenters. The zero-order chi connectivity index (χ0) is 10.6. The van der Waals surface area contributed by atoms with Crippen molar-refractivity contribution in [1.29, 1.82) is 0 Å². The third-order valence-electron chi connectivity index (χ3n) is 1.28. The summed E-state index contributed by atoms with van der Waals surface area (Å²) >= 11 is 0. The van der Waals surface area contributed by atoms with E-state index in [1.807, 2.05) is 0 Å². The van der Waals surface area contributed by atoms with E-state index < -0.39 is 11.7 Å². The second-order valence-electron chi connectivity index (χ2n) is 2.58. The molecule has 1 nitrogen and oxygen atoms in total. The molecular formula is C9H12F3N. The predicted octanol–water partition coefficient (Wildman–Crippen LogP) is 3.13. The lowest BCUT2D eigenvalue weighted by Crippen LogP contribution is -2.21. The van der Waals surface area contributed by atoms with Crippen molar-refractivity contribution < 1.29 is 13.2 Å². The summed E-state index contributed by atoms with van der Waals surface area (Å²) in [5.41, 5.74) is -0.522. The van der Waals surface area contributed by atoms with Crippen LogP contribution in [0.3, 0.4) is 0 Å². The zero-order valence-electron chi connectivity index (χ0n) is 7.63. The summed E-state index contributed by atoms with van der Waals surface area (Å²) in [6.45, 7) is 9.58. The molecule has 0 aromatic rings. The Morgan fingerprint density at radius 2 is 1.77 bits per heavy atom. The van der Waals surface area contributed by atoms with Crippen LogP contribution in [0.2, 0.25) is 0 Å². The summed E-state index contributed by atoms with van der Waals surface area (Å²) in [4.78, 5) is 0. The first-order valence-corrected chi connectivity index (χ1v) is 3.64. The van der Waals surface area contributed by atoms with Crippen molar-refractivity contribution in [2.24, 2.45) is 0 Å². The fourth-order valence-corrected chi connectivity index (χ4v) is 0.834. The predicted molar refractivity (Wildman–Crippen MR) is 46.9 cm³/mol. The van der Waals surface area contributed by atoms with Crippen LogP contribution in [0.5, 0.6) is 0 Å². The first-order valence-electron chi connectivity index (χ1n) is 3.64. The summed E-state index contributed by atoms with van der Waals surface area (Å²) in [6.07, 6.45) is -3.40. The second-order valence-corrected chi connectivity index (χ2v) is 2.58. The molecule has 0 aliphatic rings. The van der Waals surface area contributed by atoms with Gasteiger partial charge in [-0.1, -0.05) is 19.2 Å². The van der Waals surface area contributed by atoms with Crippen LogP contribution >= 0.6 is 0 Å². The maximum Gasteiger partial charge on any atom is 0.418 e. The molecule has 0 aliphatic carbocycles. The maximum absolute atomic E-state index is 12.2. The van der Waals surface area contributed by atoms with E-state index in [1.54, 1.807) is 6.92 Å². The summed E-state index contributed by atoms with van der Waals surface area (Å²) in [7, 11) is 0. The Bertz CT molecular complexity index is 248. The first kappa shape index (κ1) is 11.8. The fourth-order valence-electron chi connectivity index (χ4n) is 0.834. The summed E-state index contributed by atoms with van der Waals surface area (Å²) in [6, 6.07) is 0. The third-order valence-corrected chi connectivity index (χ3v) is 1.28. The van der Waals surface area contributed by atoms with E-state index in [4.69, 9.17) is 0 Å². The van der Waals surface area contributed by atoms with Crippen LogP contribution in [0, 0.1) is 0 Å². The SMILES string of the molecule is C=C(C)NC(=C)/C(=C\C)C(F)(F)F. The number of allylic oxidation sites excluding steroid dienone is 3. The number of alkyl halides is 3. The van der Waals surface area contributed by atoms with E-state index >= 15 is 0 Å². The Hall–Kier alpha value is -1.19. The van der Waals surface area contributed by atoms with Crippen molar-refractivity contribution in [2.75, 3.05) is 0 Å². The van der Waals surface area contributed by atoms with E-state index in [-0.39, 0.29) is 5.70 Å². The average Bonchev–Trinajstić information content (AvgIpc) is 1.82. The largest absolute Gasteiger partial charge is 0.418 e. The summed E-state index contributed by atoms with van der Waals surface area (Å²) in [5, 5.41) is 2.42. The molecule has 74 valence electrons. The van der Waals surface area contributed by atoms with Crippen molar-refractivity contribution in [3.8, 4) is 0 Å². The average molecular weight is 191 g/mol. The van der Waals surface area contributed by atoms with Crippen LogP contribution in [-0.2, 0) is 0 Å². The lowest BCUT2D eigenvalue weighted by Gasteiger charge is -2.15. The molecule has 0 saturated carbocycles. The van der Waals surface area contributed by atoms with Gasteiger partial charge < -0.3 is 5.32 Å². The van der Waals surface area contributed by atoms with Crippen LogP contribution in [-0.4, -0.2) is 6.18 Å². The minimum Gasteiger partial charge on any atom is -0.360 e. The van der Waals surface area contributed by atoms with Crippen LogP contribution in [0.15, 0.2) is 36.2 Å². The van der Waals surface area contributed by atoms with Gasteiger partial charge in [0.05, 0.1) is 5.57 Å². The van der Waals surface area contributed by atoms with Crippen molar-refractivity contribution in [3.05, 3.63) is 36.2 Å². The molecule has 0 fully saturated rings. The Balaban J connectivity index is 4.64. The highest BCUT2D eigenvalue weighted by atomic mass is 19.4. The number of halogens is 3. The third kappa shape index (κ3) is 3.83. The van der Waals surface area contributed by atoms with E-state index in [0.29, 0.717) is 5.70 Å². The highest BCUT2D eigenvalue weighted by Crippen LogP contribution is 2.29. The molecule has 0 bridgehead atoms. The minimum atomic E-state index is -4.37. The van der Waals surface area contributed by atoms with Crippen molar-refractivity contribution in [1.82, 2.24) is 5.32 Å². The van der Waals surface area contributed by atoms with Crippen LogP contribution in [0.25, 0.3) is 0 Å². The van der Waals surface area contributed by atoms with Gasteiger partial charge in [-0.25, -0.2) is 0 Å². The lowest BCUT2D eigenvalue weighted by atomic mass is 10.2. The fraction of sp³-hybridized carbons (Fsp3) is 0.333. The topological polar surface area (TPSA) is 12.0 Å². The van der Waals surface area contributed by atoms with Crippen LogP contribution < -0.4 is 5.32 Å². The van der Waals surface area contributed by atoms with Gasteiger partial charge in [0.25, 0.3) is 0 Å². The van der Waals surface area contributed by atoms with Gasteiger partial charge in [0.15, 0.2) is 0 Å². The van der Waals surface area contributed by atoms with Crippen LogP contribution in [0.4, 0.5) is 13.2 Å². The van der Waals surface area contributed by atoms with E-state index in [0.717, 1.165) is 6.08 Å². The quantitative estimate of drug-likeness (QED) is 0.676. The van der Waals surface area contributed by atoms with E-state index in [1.165, 1.54) is 6.92 Å². The second kappa shape index (κ2) is 4.16. The van der Waals surface area contributed by atoms with E-state index in [9.17, 15) is 13.2 Å². The number of hydrogen-bond donors (Lipinski definition) is 1. The molecule has 0 aromatic carbocycles. The molecule has 13 heavy (non-hydrogen) atoms. The molecule has 0 amide bonds. The van der Waals surface area contributed by atoms with Crippen LogP contribution in [0.1, 0.15) is 13.8 Å². The molecule has 0 heterocycles. The molecule has 0 rings (SSSR count). The monoisotopic (exact) mass is 191 g/mol. The van der Waals surface area contributed by atoms with Gasteiger partial charge in [0.2, 0.25) is 0 Å². The Morgan fingerprint density at radius 3 is 2.00 bits per heavy atom. The Morgan fingerprint density at radius 1 is 1.31 bits per heavy atom. The zero-order valence-corrected chi connectivity index (χ0v) is 7.63. The highest BCUT2D eigenvalue weighted by Gasteiger charge is 2.34. The Labute approximate surface area is 75.6 Å². The van der Waals surface area contributed by atoms with Crippen molar-refractivity contribution in [2.45, 2.75) is 20.0 Å². The molecule has 0 saturated heterocycles. The van der Waals surface area contributed by atoms with Gasteiger partial charge in [0.1, 0.15) is 0 Å². The molecule has 4 heteroatoms. The number of nitrogens with one attached hydrogen (secondary N) is 1. The molecule has 0 aromatic heterocycles.